The molecule has 0 rings (SSSR count). The van der Waals surface area contributed by atoms with E-state index in [9.17, 15) is 4.89 Å². The van der Waals surface area contributed by atoms with Gasteiger partial charge in [-0.2, -0.15) is 0 Å². The molecular weight excluding hydrogens is 145 g/mol. The highest BCUT2D eigenvalue weighted by Gasteiger charge is 1.87. The van der Waals surface area contributed by atoms with Crippen LogP contribution in [0.15, 0.2) is 4.74 Å². The molecule has 0 fully saturated rings. The number of nitrogens with zero attached hydrogens (tertiary/aromatic N) is 1. The van der Waals surface area contributed by atoms with Crippen molar-refractivity contribution < 1.29 is 4.89 Å². The zero-order valence-electron chi connectivity index (χ0n) is 6.84. The van der Waals surface area contributed by atoms with E-state index in [4.69, 9.17) is 0 Å². The lowest BCUT2D eigenvalue weighted by Gasteiger charge is -1.92. The highest BCUT2D eigenvalue weighted by Crippen LogP contribution is 2.07. The van der Waals surface area contributed by atoms with E-state index in [-0.39, 0.29) is 0 Å². The molecular formula is C7H16NOP. The van der Waals surface area contributed by atoms with Crippen molar-refractivity contribution in [2.45, 2.75) is 32.6 Å². The van der Waals surface area contributed by atoms with Gasteiger partial charge in [-0.15, -0.1) is 4.74 Å². The van der Waals surface area contributed by atoms with E-state index >= 15 is 0 Å². The summed E-state index contributed by atoms with van der Waals surface area (Å²) >= 11 is 0. The van der Waals surface area contributed by atoms with E-state index in [0.29, 0.717) is 0 Å². The Morgan fingerprint density at radius 1 is 1.30 bits per heavy atom. The molecule has 60 valence electrons. The molecule has 0 saturated carbocycles. The van der Waals surface area contributed by atoms with Crippen molar-refractivity contribution in [3.8, 4) is 0 Å². The molecule has 0 aromatic heterocycles. The van der Waals surface area contributed by atoms with Gasteiger partial charge in [0, 0.05) is 0 Å². The van der Waals surface area contributed by atoms with Crippen LogP contribution in [0.4, 0.5) is 0 Å². The van der Waals surface area contributed by atoms with Crippen molar-refractivity contribution in [3.63, 3.8) is 0 Å². The largest absolute Gasteiger partial charge is 0.612 e. The number of rotatable bonds is 5. The van der Waals surface area contributed by atoms with Crippen LogP contribution in [0.25, 0.3) is 0 Å². The minimum Gasteiger partial charge on any atom is -0.612 e. The van der Waals surface area contributed by atoms with Gasteiger partial charge in [0.05, 0.1) is 6.54 Å². The first kappa shape index (κ1) is 10.1. The monoisotopic (exact) mass is 161 g/mol. The third-order valence-corrected chi connectivity index (χ3v) is 1.91. The fraction of sp³-hybridized carbons (Fsp3) is 1.00. The molecule has 0 amide bonds. The number of hydrogen-bond donors (Lipinski definition) is 0. The Bertz CT molecular complexity index is 99.8. The van der Waals surface area contributed by atoms with E-state index in [0.717, 1.165) is 13.0 Å². The normalized spacial score (nSPS) is 12.1. The zero-order valence-corrected chi connectivity index (χ0v) is 7.73. The van der Waals surface area contributed by atoms with Crippen LogP contribution in [0.2, 0.25) is 0 Å². The van der Waals surface area contributed by atoms with Gasteiger partial charge in [-0.25, -0.2) is 0 Å². The van der Waals surface area contributed by atoms with E-state index < -0.39 is 7.94 Å². The van der Waals surface area contributed by atoms with Crippen molar-refractivity contribution in [1.82, 2.24) is 0 Å². The molecule has 2 nitrogen and oxygen atoms in total. The smallest absolute Gasteiger partial charge is 0.160 e. The Balaban J connectivity index is 2.98. The third kappa shape index (κ3) is 8.06. The predicted octanol–water partition coefficient (Wildman–Crippen LogP) is 2.14. The van der Waals surface area contributed by atoms with Crippen LogP contribution in [0.3, 0.4) is 0 Å². The van der Waals surface area contributed by atoms with Gasteiger partial charge in [0.25, 0.3) is 0 Å². The molecule has 3 heteroatoms. The van der Waals surface area contributed by atoms with Crippen molar-refractivity contribution in [2.24, 2.45) is 4.74 Å². The molecule has 0 radical (unpaired) electrons. The van der Waals surface area contributed by atoms with Crippen molar-refractivity contribution >= 4 is 7.94 Å². The molecule has 0 spiro atoms. The van der Waals surface area contributed by atoms with Crippen LogP contribution in [0, 0.1) is 0 Å². The maximum atomic E-state index is 10.5. The summed E-state index contributed by atoms with van der Waals surface area (Å²) in [5.74, 6) is 0. The fourth-order valence-corrected chi connectivity index (χ4v) is 1.17. The van der Waals surface area contributed by atoms with Gasteiger partial charge in [0.1, 0.15) is 6.66 Å². The Labute approximate surface area is 64.2 Å². The third-order valence-electron chi connectivity index (χ3n) is 1.31. The Morgan fingerprint density at radius 2 is 2.00 bits per heavy atom. The van der Waals surface area contributed by atoms with Gasteiger partial charge in [0.15, 0.2) is 7.94 Å². The Morgan fingerprint density at radius 3 is 2.50 bits per heavy atom. The summed E-state index contributed by atoms with van der Waals surface area (Å²) in [6.45, 7) is 4.61. The summed E-state index contributed by atoms with van der Waals surface area (Å²) in [6, 6.07) is 0. The molecule has 0 aromatic carbocycles. The quantitative estimate of drug-likeness (QED) is 0.449. The molecule has 0 aliphatic heterocycles. The Kier molecular flexibility index (Phi) is 7.21. The maximum absolute atomic E-state index is 10.5. The first-order chi connectivity index (χ1) is 4.77. The van der Waals surface area contributed by atoms with Crippen LogP contribution in [0.5, 0.6) is 0 Å². The second kappa shape index (κ2) is 7.17. The van der Waals surface area contributed by atoms with Gasteiger partial charge in [-0.3, -0.25) is 0 Å². The summed E-state index contributed by atoms with van der Waals surface area (Å²) in [7, 11) is -1.25. The lowest BCUT2D eigenvalue weighted by atomic mass is 10.2. The van der Waals surface area contributed by atoms with Crippen molar-refractivity contribution in [3.05, 3.63) is 0 Å². The lowest BCUT2D eigenvalue weighted by Crippen LogP contribution is -1.85. The summed E-state index contributed by atoms with van der Waals surface area (Å²) < 4.78 is 3.91. The van der Waals surface area contributed by atoms with Crippen molar-refractivity contribution in [2.75, 3.05) is 13.2 Å². The van der Waals surface area contributed by atoms with Crippen LogP contribution in [0.1, 0.15) is 32.6 Å². The van der Waals surface area contributed by atoms with Crippen molar-refractivity contribution in [1.29, 1.82) is 0 Å². The van der Waals surface area contributed by atoms with Crippen LogP contribution in [-0.2, 0) is 0 Å². The first-order valence-electron chi connectivity index (χ1n) is 3.85. The van der Waals surface area contributed by atoms with Gasteiger partial charge in [0.2, 0.25) is 0 Å². The van der Waals surface area contributed by atoms with E-state index in [1.807, 2.05) is 0 Å². The first-order valence-corrected chi connectivity index (χ1v) is 5.51. The predicted molar refractivity (Wildman–Crippen MR) is 44.3 cm³/mol. The topological polar surface area (TPSA) is 35.4 Å². The summed E-state index contributed by atoms with van der Waals surface area (Å²) in [5.41, 5.74) is 0. The second-order valence-electron chi connectivity index (χ2n) is 2.39. The molecule has 0 N–H and O–H groups in total. The summed E-state index contributed by atoms with van der Waals surface area (Å²) in [5, 5.41) is 0. The molecule has 0 aliphatic carbocycles. The molecule has 0 aliphatic rings. The lowest BCUT2D eigenvalue weighted by molar-refractivity contribution is -0.154. The number of hydrogen-bond acceptors (Lipinski definition) is 2. The maximum Gasteiger partial charge on any atom is 0.160 e. The van der Waals surface area contributed by atoms with Crippen LogP contribution in [-0.4, -0.2) is 13.2 Å². The standard InChI is InChI=1S/C7H16NOP/c1-3-4-5-6-7-8-10(2)9/h3-7H2,1-2H3. The van der Waals surface area contributed by atoms with Gasteiger partial charge < -0.3 is 4.89 Å². The molecule has 1 atom stereocenters. The van der Waals surface area contributed by atoms with Crippen LogP contribution < -0.4 is 4.89 Å². The van der Waals surface area contributed by atoms with Gasteiger partial charge in [-0.05, 0) is 6.42 Å². The fourth-order valence-electron chi connectivity index (χ4n) is 0.750. The molecule has 0 aromatic rings. The van der Waals surface area contributed by atoms with Crippen LogP contribution >= 0.6 is 7.94 Å². The second-order valence-corrected chi connectivity index (χ2v) is 3.60. The SMILES string of the molecule is CCCCCCN=[P+](C)[O-]. The summed E-state index contributed by atoms with van der Waals surface area (Å²) in [4.78, 5) is 10.5. The molecule has 0 heterocycles. The highest BCUT2D eigenvalue weighted by atomic mass is 31.1. The van der Waals surface area contributed by atoms with E-state index in [2.05, 4.69) is 11.7 Å². The molecule has 10 heavy (non-hydrogen) atoms. The van der Waals surface area contributed by atoms with Gasteiger partial charge in [-0.1, -0.05) is 26.2 Å². The average molecular weight is 161 g/mol. The minimum atomic E-state index is -1.25. The Hall–Kier alpha value is 0.0600. The number of unbranched alkanes of at least 4 members (excludes halogenated alkanes) is 3. The van der Waals surface area contributed by atoms with E-state index in [1.165, 1.54) is 19.3 Å². The molecule has 0 saturated heterocycles. The molecule has 0 bridgehead atoms. The average Bonchev–Trinajstić information content (AvgIpc) is 1.87. The van der Waals surface area contributed by atoms with E-state index in [1.54, 1.807) is 6.66 Å². The summed E-state index contributed by atoms with van der Waals surface area (Å²) in [6.07, 6.45) is 4.85. The highest BCUT2D eigenvalue weighted by molar-refractivity contribution is 7.38. The molecule has 1 unspecified atom stereocenters. The minimum absolute atomic E-state index is 0.783. The van der Waals surface area contributed by atoms with Gasteiger partial charge >= 0.3 is 0 Å². The zero-order chi connectivity index (χ0) is 7.82.